The van der Waals surface area contributed by atoms with Crippen LogP contribution >= 0.6 is 0 Å². The molecule has 0 heterocycles. The number of hydrogen-bond donors (Lipinski definition) is 2. The van der Waals surface area contributed by atoms with E-state index >= 15 is 0 Å². The van der Waals surface area contributed by atoms with Gasteiger partial charge < -0.3 is 20.3 Å². The molecule has 134 valence electrons. The van der Waals surface area contributed by atoms with Gasteiger partial charge in [0.25, 0.3) is 0 Å². The molecule has 2 N–H and O–H groups in total. The topological polar surface area (TPSA) is 53.6 Å². The molecule has 25 heavy (non-hydrogen) atoms. The predicted molar refractivity (Wildman–Crippen MR) is 97.6 cm³/mol. The molecular formula is C19H24FN3O2. The molecule has 2 aromatic rings. The monoisotopic (exact) mass is 345 g/mol. The Kier molecular flexibility index (Phi) is 6.62. The molecule has 0 saturated heterocycles. The average molecular weight is 345 g/mol. The zero-order chi connectivity index (χ0) is 18.2. The van der Waals surface area contributed by atoms with E-state index in [0.29, 0.717) is 24.4 Å². The maximum absolute atomic E-state index is 13.9. The molecule has 2 rings (SSSR count). The highest BCUT2D eigenvalue weighted by Crippen LogP contribution is 2.18. The zero-order valence-corrected chi connectivity index (χ0v) is 14.8. The van der Waals surface area contributed by atoms with Gasteiger partial charge in [-0.3, -0.25) is 0 Å². The molecule has 0 bridgehead atoms. The number of carbonyl (C=O) groups is 1. The number of nitrogens with one attached hydrogen (secondary N) is 2. The van der Waals surface area contributed by atoms with Crippen LogP contribution in [0.3, 0.4) is 0 Å². The molecule has 5 nitrogen and oxygen atoms in total. The van der Waals surface area contributed by atoms with Crippen LogP contribution in [0.4, 0.5) is 14.9 Å². The lowest BCUT2D eigenvalue weighted by molar-refractivity contribution is 0.236. The molecule has 6 heteroatoms. The predicted octanol–water partition coefficient (Wildman–Crippen LogP) is 3.08. The third kappa shape index (κ3) is 5.99. The summed E-state index contributed by atoms with van der Waals surface area (Å²) in [6.45, 7) is 3.03. The smallest absolute Gasteiger partial charge is 0.315 e. The van der Waals surface area contributed by atoms with E-state index in [-0.39, 0.29) is 18.4 Å². The molecule has 0 aromatic heterocycles. The van der Waals surface area contributed by atoms with Crippen molar-refractivity contribution in [1.29, 1.82) is 0 Å². The Morgan fingerprint density at radius 1 is 1.12 bits per heavy atom. The highest BCUT2D eigenvalue weighted by atomic mass is 19.1. The maximum atomic E-state index is 13.9. The molecule has 0 aliphatic carbocycles. The Balaban J connectivity index is 1.68. The summed E-state index contributed by atoms with van der Waals surface area (Å²) in [4.78, 5) is 13.5. The van der Waals surface area contributed by atoms with E-state index in [2.05, 4.69) is 10.6 Å². The molecule has 0 radical (unpaired) electrons. The summed E-state index contributed by atoms with van der Waals surface area (Å²) in [7, 11) is 3.56. The van der Waals surface area contributed by atoms with Crippen molar-refractivity contribution < 1.29 is 13.9 Å². The molecule has 0 unspecified atom stereocenters. The number of urea groups is 1. The molecule has 0 spiro atoms. The number of nitrogens with zero attached hydrogens (tertiary/aromatic N) is 1. The van der Waals surface area contributed by atoms with E-state index in [0.717, 1.165) is 5.75 Å². The minimum atomic E-state index is -0.315. The Hall–Kier alpha value is -2.76. The van der Waals surface area contributed by atoms with Gasteiger partial charge in [-0.05, 0) is 36.8 Å². The first-order valence-corrected chi connectivity index (χ1v) is 8.12. The first-order valence-electron chi connectivity index (χ1n) is 8.12. The standard InChI is InChI=1S/C19H24FN3O2/c1-14-4-7-16(8-5-14)25-11-10-21-19(24)22-13-15-6-9-18(23(2)3)17(20)12-15/h4-9,12H,10-11,13H2,1-3H3,(H2,21,22,24). The van der Waals surface area contributed by atoms with Crippen LogP contribution in [-0.2, 0) is 6.54 Å². The van der Waals surface area contributed by atoms with Gasteiger partial charge in [-0.15, -0.1) is 0 Å². The molecule has 0 aliphatic heterocycles. The van der Waals surface area contributed by atoms with Crippen molar-refractivity contribution in [1.82, 2.24) is 10.6 Å². The van der Waals surface area contributed by atoms with E-state index in [4.69, 9.17) is 4.74 Å². The molecule has 0 aliphatic rings. The Labute approximate surface area is 147 Å². The van der Waals surface area contributed by atoms with Crippen molar-refractivity contribution in [2.45, 2.75) is 13.5 Å². The van der Waals surface area contributed by atoms with Gasteiger partial charge in [-0.1, -0.05) is 23.8 Å². The number of amides is 2. The van der Waals surface area contributed by atoms with Gasteiger partial charge in [0.1, 0.15) is 18.2 Å². The first kappa shape index (κ1) is 18.6. The zero-order valence-electron chi connectivity index (χ0n) is 14.8. The lowest BCUT2D eigenvalue weighted by atomic mass is 10.2. The summed E-state index contributed by atoms with van der Waals surface area (Å²) < 4.78 is 19.4. The fraction of sp³-hybridized carbons (Fsp3) is 0.316. The maximum Gasteiger partial charge on any atom is 0.315 e. The van der Waals surface area contributed by atoms with Crippen molar-refractivity contribution in [2.75, 3.05) is 32.1 Å². The molecule has 0 atom stereocenters. The van der Waals surface area contributed by atoms with Gasteiger partial charge in [-0.2, -0.15) is 0 Å². The van der Waals surface area contributed by atoms with E-state index in [1.807, 2.05) is 31.2 Å². The molecular weight excluding hydrogens is 321 g/mol. The number of ether oxygens (including phenoxy) is 1. The normalized spacial score (nSPS) is 10.2. The number of rotatable bonds is 7. The minimum Gasteiger partial charge on any atom is -0.492 e. The van der Waals surface area contributed by atoms with Crippen molar-refractivity contribution in [3.05, 3.63) is 59.4 Å². The summed E-state index contributed by atoms with van der Waals surface area (Å²) in [6, 6.07) is 12.3. The van der Waals surface area contributed by atoms with Gasteiger partial charge in [0.2, 0.25) is 0 Å². The van der Waals surface area contributed by atoms with Crippen LogP contribution in [0, 0.1) is 12.7 Å². The molecule has 0 fully saturated rings. The number of anilines is 1. The second kappa shape index (κ2) is 8.92. The average Bonchev–Trinajstić information content (AvgIpc) is 2.58. The van der Waals surface area contributed by atoms with Crippen molar-refractivity contribution >= 4 is 11.7 Å². The molecule has 2 amide bonds. The van der Waals surface area contributed by atoms with Crippen LogP contribution in [-0.4, -0.2) is 33.3 Å². The SMILES string of the molecule is Cc1ccc(OCCNC(=O)NCc2ccc(N(C)C)c(F)c2)cc1. The van der Waals surface area contributed by atoms with Gasteiger partial charge >= 0.3 is 6.03 Å². The van der Waals surface area contributed by atoms with Crippen LogP contribution in [0.25, 0.3) is 0 Å². The summed E-state index contributed by atoms with van der Waals surface area (Å²) in [5, 5.41) is 5.40. The van der Waals surface area contributed by atoms with E-state index in [1.54, 1.807) is 31.1 Å². The van der Waals surface area contributed by atoms with Crippen LogP contribution in [0.2, 0.25) is 0 Å². The van der Waals surface area contributed by atoms with Gasteiger partial charge in [0.15, 0.2) is 0 Å². The van der Waals surface area contributed by atoms with E-state index in [9.17, 15) is 9.18 Å². The van der Waals surface area contributed by atoms with Gasteiger partial charge in [-0.25, -0.2) is 9.18 Å². The number of aryl methyl sites for hydroxylation is 1. The van der Waals surface area contributed by atoms with Crippen LogP contribution < -0.4 is 20.3 Å². The van der Waals surface area contributed by atoms with Crippen molar-refractivity contribution in [3.63, 3.8) is 0 Å². The Bertz CT molecular complexity index is 702. The Morgan fingerprint density at radius 2 is 1.84 bits per heavy atom. The highest BCUT2D eigenvalue weighted by Gasteiger charge is 2.06. The van der Waals surface area contributed by atoms with Crippen molar-refractivity contribution in [2.24, 2.45) is 0 Å². The second-order valence-corrected chi connectivity index (χ2v) is 5.95. The summed E-state index contributed by atoms with van der Waals surface area (Å²) >= 11 is 0. The Morgan fingerprint density at radius 3 is 2.48 bits per heavy atom. The number of hydrogen-bond acceptors (Lipinski definition) is 3. The lowest BCUT2D eigenvalue weighted by Gasteiger charge is -2.14. The van der Waals surface area contributed by atoms with Crippen LogP contribution in [0.1, 0.15) is 11.1 Å². The fourth-order valence-electron chi connectivity index (χ4n) is 2.24. The summed E-state index contributed by atoms with van der Waals surface area (Å²) in [5.41, 5.74) is 2.38. The third-order valence-corrected chi connectivity index (χ3v) is 3.62. The fourth-order valence-corrected chi connectivity index (χ4v) is 2.24. The first-order chi connectivity index (χ1) is 12.0. The van der Waals surface area contributed by atoms with Crippen LogP contribution in [0.15, 0.2) is 42.5 Å². The minimum absolute atomic E-state index is 0.259. The molecule has 0 saturated carbocycles. The van der Waals surface area contributed by atoms with Crippen molar-refractivity contribution in [3.8, 4) is 5.75 Å². The summed E-state index contributed by atoms with van der Waals surface area (Å²) in [6.07, 6.45) is 0. The van der Waals surface area contributed by atoms with E-state index < -0.39 is 0 Å². The summed E-state index contributed by atoms with van der Waals surface area (Å²) in [5.74, 6) is 0.459. The highest BCUT2D eigenvalue weighted by molar-refractivity contribution is 5.73. The van der Waals surface area contributed by atoms with Gasteiger partial charge in [0, 0.05) is 20.6 Å². The number of carbonyl (C=O) groups excluding carboxylic acids is 1. The third-order valence-electron chi connectivity index (χ3n) is 3.62. The number of benzene rings is 2. The lowest BCUT2D eigenvalue weighted by Crippen LogP contribution is -2.37. The number of halogens is 1. The molecule has 2 aromatic carbocycles. The quantitative estimate of drug-likeness (QED) is 0.758. The second-order valence-electron chi connectivity index (χ2n) is 5.95. The van der Waals surface area contributed by atoms with Crippen LogP contribution in [0.5, 0.6) is 5.75 Å². The largest absolute Gasteiger partial charge is 0.492 e. The van der Waals surface area contributed by atoms with E-state index in [1.165, 1.54) is 11.6 Å². The van der Waals surface area contributed by atoms with Gasteiger partial charge in [0.05, 0.1) is 12.2 Å².